The number of hydrogen-bond acceptors (Lipinski definition) is 6. The largest absolute Gasteiger partial charge is 0.478 e. The smallest absolute Gasteiger partial charge is 0.280 e. The van der Waals surface area contributed by atoms with Crippen molar-refractivity contribution in [2.24, 2.45) is 0 Å². The monoisotopic (exact) mass is 353 g/mol. The number of ether oxygens (including phenoxy) is 2. The van der Waals surface area contributed by atoms with Crippen molar-refractivity contribution in [3.05, 3.63) is 58.6 Å². The van der Waals surface area contributed by atoms with Gasteiger partial charge < -0.3 is 14.0 Å². The SMILES string of the molecule is CCOc1ccc(C2CC(Oc3ccc(-c4cc(=O)[nH]o4)cn3)C2)cn1. The molecule has 1 saturated carbocycles. The summed E-state index contributed by atoms with van der Waals surface area (Å²) in [5, 5.41) is 2.26. The topological polar surface area (TPSA) is 90.2 Å². The second kappa shape index (κ2) is 7.03. The van der Waals surface area contributed by atoms with E-state index in [9.17, 15) is 4.79 Å². The van der Waals surface area contributed by atoms with Crippen LogP contribution in [-0.2, 0) is 0 Å². The van der Waals surface area contributed by atoms with Gasteiger partial charge in [-0.3, -0.25) is 4.79 Å². The van der Waals surface area contributed by atoms with Gasteiger partial charge in [0, 0.05) is 30.1 Å². The Labute approximate surface area is 150 Å². The number of hydrogen-bond donors (Lipinski definition) is 1. The standard InChI is InChI=1S/C19H19N3O4/c1-2-24-18-5-3-12(10-20-18)14-7-15(8-14)25-19-6-4-13(11-21-19)16-9-17(23)22-26-16/h3-6,9-11,14-15H,2,7-8H2,1H3,(H,22,23). The fourth-order valence-corrected chi connectivity index (χ4v) is 2.99. The molecule has 0 radical (unpaired) electrons. The molecule has 7 heteroatoms. The highest BCUT2D eigenvalue weighted by molar-refractivity contribution is 5.55. The number of pyridine rings is 2. The van der Waals surface area contributed by atoms with Crippen molar-refractivity contribution in [3.63, 3.8) is 0 Å². The number of aromatic amines is 1. The fraction of sp³-hybridized carbons (Fsp3) is 0.316. The number of rotatable bonds is 6. The minimum atomic E-state index is -0.274. The molecule has 0 atom stereocenters. The molecule has 26 heavy (non-hydrogen) atoms. The first kappa shape index (κ1) is 16.4. The van der Waals surface area contributed by atoms with E-state index in [0.29, 0.717) is 30.0 Å². The molecule has 0 spiro atoms. The molecule has 1 aliphatic rings. The molecule has 3 heterocycles. The van der Waals surface area contributed by atoms with Gasteiger partial charge >= 0.3 is 0 Å². The van der Waals surface area contributed by atoms with Gasteiger partial charge in [0.2, 0.25) is 11.8 Å². The first-order valence-corrected chi connectivity index (χ1v) is 8.61. The Morgan fingerprint density at radius 1 is 1.15 bits per heavy atom. The molecule has 1 aliphatic carbocycles. The third-order valence-electron chi connectivity index (χ3n) is 4.45. The Morgan fingerprint density at radius 3 is 2.58 bits per heavy atom. The fourth-order valence-electron chi connectivity index (χ4n) is 2.99. The highest BCUT2D eigenvalue weighted by atomic mass is 16.5. The Morgan fingerprint density at radius 2 is 1.96 bits per heavy atom. The lowest BCUT2D eigenvalue weighted by Gasteiger charge is -2.35. The Hall–Kier alpha value is -3.09. The van der Waals surface area contributed by atoms with Gasteiger partial charge in [-0.1, -0.05) is 6.07 Å². The summed E-state index contributed by atoms with van der Waals surface area (Å²) in [6.45, 7) is 2.56. The van der Waals surface area contributed by atoms with Gasteiger partial charge in [-0.15, -0.1) is 0 Å². The molecule has 0 unspecified atom stereocenters. The lowest BCUT2D eigenvalue weighted by Crippen LogP contribution is -2.32. The first-order chi connectivity index (χ1) is 12.7. The van der Waals surface area contributed by atoms with Crippen LogP contribution in [0.4, 0.5) is 0 Å². The van der Waals surface area contributed by atoms with E-state index >= 15 is 0 Å². The minimum absolute atomic E-state index is 0.148. The molecule has 0 saturated heterocycles. The number of H-pyrrole nitrogens is 1. The summed E-state index contributed by atoms with van der Waals surface area (Å²) in [7, 11) is 0. The normalized spacial score (nSPS) is 19.0. The third kappa shape index (κ3) is 3.46. The molecular weight excluding hydrogens is 334 g/mol. The minimum Gasteiger partial charge on any atom is -0.478 e. The van der Waals surface area contributed by atoms with Crippen LogP contribution in [0.25, 0.3) is 11.3 Å². The van der Waals surface area contributed by atoms with Crippen LogP contribution in [-0.4, -0.2) is 27.8 Å². The van der Waals surface area contributed by atoms with Crippen molar-refractivity contribution < 1.29 is 14.0 Å². The van der Waals surface area contributed by atoms with Gasteiger partial charge in [-0.2, -0.15) is 5.16 Å². The molecule has 3 aromatic rings. The summed E-state index contributed by atoms with van der Waals surface area (Å²) in [6.07, 6.45) is 5.53. The Bertz CT molecular complexity index is 909. The summed E-state index contributed by atoms with van der Waals surface area (Å²) in [4.78, 5) is 19.7. The van der Waals surface area contributed by atoms with E-state index in [2.05, 4.69) is 21.2 Å². The van der Waals surface area contributed by atoms with E-state index in [1.807, 2.05) is 25.3 Å². The van der Waals surface area contributed by atoms with Gasteiger partial charge in [0.1, 0.15) is 6.10 Å². The highest BCUT2D eigenvalue weighted by Gasteiger charge is 2.32. The predicted octanol–water partition coefficient (Wildman–Crippen LogP) is 3.15. The highest BCUT2D eigenvalue weighted by Crippen LogP contribution is 2.39. The molecule has 1 N–H and O–H groups in total. The van der Waals surface area contributed by atoms with E-state index in [0.717, 1.165) is 18.4 Å². The zero-order valence-electron chi connectivity index (χ0n) is 14.3. The maximum absolute atomic E-state index is 11.1. The van der Waals surface area contributed by atoms with Crippen molar-refractivity contribution in [1.82, 2.24) is 15.1 Å². The van der Waals surface area contributed by atoms with Gasteiger partial charge in [0.15, 0.2) is 5.76 Å². The molecule has 0 amide bonds. The van der Waals surface area contributed by atoms with Crippen molar-refractivity contribution >= 4 is 0 Å². The van der Waals surface area contributed by atoms with Crippen LogP contribution in [0.5, 0.6) is 11.8 Å². The molecule has 1 fully saturated rings. The van der Waals surface area contributed by atoms with Gasteiger partial charge in [0.05, 0.1) is 12.7 Å². The van der Waals surface area contributed by atoms with E-state index in [1.54, 1.807) is 12.3 Å². The molecule has 7 nitrogen and oxygen atoms in total. The van der Waals surface area contributed by atoms with Gasteiger partial charge in [-0.05, 0) is 37.3 Å². The van der Waals surface area contributed by atoms with Crippen molar-refractivity contribution in [3.8, 4) is 23.1 Å². The van der Waals surface area contributed by atoms with E-state index in [4.69, 9.17) is 14.0 Å². The number of nitrogens with zero attached hydrogens (tertiary/aromatic N) is 2. The molecule has 134 valence electrons. The zero-order chi connectivity index (χ0) is 17.9. The summed E-state index contributed by atoms with van der Waals surface area (Å²) in [5.74, 6) is 2.14. The summed E-state index contributed by atoms with van der Waals surface area (Å²) < 4.78 is 16.3. The summed E-state index contributed by atoms with van der Waals surface area (Å²) in [5.41, 5.74) is 1.66. The average Bonchev–Trinajstić information content (AvgIpc) is 3.06. The van der Waals surface area contributed by atoms with Crippen LogP contribution in [0.1, 0.15) is 31.2 Å². The predicted molar refractivity (Wildman–Crippen MR) is 94.4 cm³/mol. The molecule has 4 rings (SSSR count). The average molecular weight is 353 g/mol. The second-order valence-electron chi connectivity index (χ2n) is 6.23. The quantitative estimate of drug-likeness (QED) is 0.732. The third-order valence-corrected chi connectivity index (χ3v) is 4.45. The Balaban J connectivity index is 1.31. The first-order valence-electron chi connectivity index (χ1n) is 8.61. The van der Waals surface area contributed by atoms with Crippen LogP contribution in [0.15, 0.2) is 52.0 Å². The van der Waals surface area contributed by atoms with Gasteiger partial charge in [-0.25, -0.2) is 9.97 Å². The van der Waals surface area contributed by atoms with Gasteiger partial charge in [0.25, 0.3) is 5.56 Å². The second-order valence-corrected chi connectivity index (χ2v) is 6.23. The van der Waals surface area contributed by atoms with Crippen LogP contribution < -0.4 is 15.0 Å². The van der Waals surface area contributed by atoms with Crippen molar-refractivity contribution in [1.29, 1.82) is 0 Å². The molecule has 0 bridgehead atoms. The number of nitrogens with one attached hydrogen (secondary N) is 1. The zero-order valence-corrected chi connectivity index (χ0v) is 14.3. The molecule has 3 aromatic heterocycles. The van der Waals surface area contributed by atoms with Crippen LogP contribution in [0.3, 0.4) is 0 Å². The van der Waals surface area contributed by atoms with E-state index < -0.39 is 0 Å². The van der Waals surface area contributed by atoms with E-state index in [1.165, 1.54) is 11.6 Å². The Kier molecular flexibility index (Phi) is 4.43. The van der Waals surface area contributed by atoms with Crippen molar-refractivity contribution in [2.75, 3.05) is 6.61 Å². The maximum atomic E-state index is 11.1. The molecule has 0 aliphatic heterocycles. The van der Waals surface area contributed by atoms with Crippen LogP contribution in [0.2, 0.25) is 0 Å². The lowest BCUT2D eigenvalue weighted by molar-refractivity contribution is 0.0934. The summed E-state index contributed by atoms with van der Waals surface area (Å²) in [6, 6.07) is 8.97. The molecule has 0 aromatic carbocycles. The summed E-state index contributed by atoms with van der Waals surface area (Å²) >= 11 is 0. The van der Waals surface area contributed by atoms with E-state index in [-0.39, 0.29) is 11.7 Å². The van der Waals surface area contributed by atoms with Crippen molar-refractivity contribution in [2.45, 2.75) is 31.8 Å². The molecular formula is C19H19N3O4. The maximum Gasteiger partial charge on any atom is 0.280 e. The van der Waals surface area contributed by atoms with Crippen LogP contribution >= 0.6 is 0 Å². The lowest BCUT2D eigenvalue weighted by atomic mass is 9.78. The number of aromatic nitrogens is 3. The van der Waals surface area contributed by atoms with Crippen LogP contribution in [0, 0.1) is 0 Å².